The molecule has 0 spiro atoms. The predicted octanol–water partition coefficient (Wildman–Crippen LogP) is 4.22. The van der Waals surface area contributed by atoms with E-state index in [1.807, 2.05) is 0 Å². The molecule has 0 aliphatic heterocycles. The summed E-state index contributed by atoms with van der Waals surface area (Å²) in [5, 5.41) is 13.2. The van der Waals surface area contributed by atoms with Crippen LogP contribution in [0.15, 0.2) is 38.6 Å². The number of amides is 1. The van der Waals surface area contributed by atoms with E-state index >= 15 is 0 Å². The number of thiophene rings is 1. The molecular formula is C12H7Br2NO3S. The van der Waals surface area contributed by atoms with Crippen molar-refractivity contribution >= 4 is 60.8 Å². The Labute approximate surface area is 129 Å². The van der Waals surface area contributed by atoms with Crippen molar-refractivity contribution in [3.05, 3.63) is 49.0 Å². The highest BCUT2D eigenvalue weighted by molar-refractivity contribution is 9.11. The van der Waals surface area contributed by atoms with E-state index < -0.39 is 5.97 Å². The zero-order chi connectivity index (χ0) is 14.0. The molecule has 1 aromatic carbocycles. The van der Waals surface area contributed by atoms with Crippen LogP contribution in [-0.2, 0) is 0 Å². The molecule has 2 aromatic rings. The van der Waals surface area contributed by atoms with E-state index in [-0.39, 0.29) is 10.8 Å². The van der Waals surface area contributed by atoms with Crippen LogP contribution in [0.4, 0.5) is 5.69 Å². The van der Waals surface area contributed by atoms with Gasteiger partial charge in [0.15, 0.2) is 0 Å². The molecule has 1 amide bonds. The second kappa shape index (κ2) is 5.85. The van der Waals surface area contributed by atoms with Crippen molar-refractivity contribution in [3.8, 4) is 0 Å². The summed E-state index contributed by atoms with van der Waals surface area (Å²) in [4.78, 5) is 23.1. The molecule has 1 aromatic heterocycles. The van der Waals surface area contributed by atoms with Gasteiger partial charge < -0.3 is 10.4 Å². The SMILES string of the molecule is O=C(Nc1ccsc1C(=O)O)c1ccc(Br)cc1Br. The Hall–Kier alpha value is -1.18. The quantitative estimate of drug-likeness (QED) is 0.804. The molecule has 98 valence electrons. The molecular weight excluding hydrogens is 398 g/mol. The first-order valence-electron chi connectivity index (χ1n) is 5.06. The van der Waals surface area contributed by atoms with E-state index in [0.29, 0.717) is 15.7 Å². The van der Waals surface area contributed by atoms with Crippen LogP contribution in [0.5, 0.6) is 0 Å². The van der Waals surface area contributed by atoms with Gasteiger partial charge in [0.1, 0.15) is 4.88 Å². The summed E-state index contributed by atoms with van der Waals surface area (Å²) in [6, 6.07) is 6.71. The van der Waals surface area contributed by atoms with Gasteiger partial charge in [0.05, 0.1) is 11.3 Å². The van der Waals surface area contributed by atoms with Crippen molar-refractivity contribution in [3.63, 3.8) is 0 Å². The maximum absolute atomic E-state index is 12.1. The Bertz CT molecular complexity index is 654. The molecule has 0 aliphatic carbocycles. The van der Waals surface area contributed by atoms with Crippen LogP contribution in [-0.4, -0.2) is 17.0 Å². The van der Waals surface area contributed by atoms with Crippen molar-refractivity contribution in [1.82, 2.24) is 0 Å². The lowest BCUT2D eigenvalue weighted by Gasteiger charge is -2.06. The summed E-state index contributed by atoms with van der Waals surface area (Å²) in [6.45, 7) is 0. The van der Waals surface area contributed by atoms with Crippen LogP contribution in [0.2, 0.25) is 0 Å². The zero-order valence-corrected chi connectivity index (χ0v) is 13.3. The molecule has 1 heterocycles. The lowest BCUT2D eigenvalue weighted by Crippen LogP contribution is -2.14. The number of carboxylic acids is 1. The highest BCUT2D eigenvalue weighted by atomic mass is 79.9. The van der Waals surface area contributed by atoms with Crippen molar-refractivity contribution in [1.29, 1.82) is 0 Å². The standard InChI is InChI=1S/C12H7Br2NO3S/c13-6-1-2-7(8(14)5-6)11(16)15-9-3-4-19-10(9)12(17)18/h1-5H,(H,15,16)(H,17,18). The summed E-state index contributed by atoms with van der Waals surface area (Å²) < 4.78 is 1.48. The number of carbonyl (C=O) groups is 2. The number of anilines is 1. The molecule has 19 heavy (non-hydrogen) atoms. The van der Waals surface area contributed by atoms with Crippen molar-refractivity contribution < 1.29 is 14.7 Å². The fourth-order valence-corrected chi connectivity index (χ4v) is 3.35. The molecule has 4 nitrogen and oxygen atoms in total. The Balaban J connectivity index is 2.26. The first-order valence-corrected chi connectivity index (χ1v) is 7.53. The van der Waals surface area contributed by atoms with Gasteiger partial charge in [0.25, 0.3) is 5.91 Å². The molecule has 2 rings (SSSR count). The van der Waals surface area contributed by atoms with Crippen LogP contribution in [0.3, 0.4) is 0 Å². The van der Waals surface area contributed by atoms with Crippen LogP contribution in [0, 0.1) is 0 Å². The minimum absolute atomic E-state index is 0.113. The number of carboxylic acid groups (broad SMARTS) is 1. The molecule has 0 saturated carbocycles. The first-order chi connectivity index (χ1) is 8.99. The molecule has 7 heteroatoms. The number of hydrogen-bond donors (Lipinski definition) is 2. The Kier molecular flexibility index (Phi) is 4.38. The maximum atomic E-state index is 12.1. The molecule has 2 N–H and O–H groups in total. The lowest BCUT2D eigenvalue weighted by molar-refractivity contribution is 0.0703. The number of rotatable bonds is 3. The Morgan fingerprint density at radius 2 is 1.95 bits per heavy atom. The average Bonchev–Trinajstić information content (AvgIpc) is 2.76. The van der Waals surface area contributed by atoms with Crippen LogP contribution >= 0.6 is 43.2 Å². The molecule has 0 bridgehead atoms. The van der Waals surface area contributed by atoms with E-state index in [0.717, 1.165) is 15.8 Å². The first kappa shape index (κ1) is 14.2. The van der Waals surface area contributed by atoms with Gasteiger partial charge in [0, 0.05) is 8.95 Å². The van der Waals surface area contributed by atoms with Gasteiger partial charge in [-0.3, -0.25) is 4.79 Å². The third-order valence-electron chi connectivity index (χ3n) is 2.28. The molecule has 0 aliphatic rings. The molecule has 0 fully saturated rings. The molecule has 0 saturated heterocycles. The number of benzene rings is 1. The second-order valence-electron chi connectivity index (χ2n) is 3.55. The monoisotopic (exact) mass is 403 g/mol. The summed E-state index contributed by atoms with van der Waals surface area (Å²) in [5.41, 5.74) is 0.739. The van der Waals surface area contributed by atoms with Gasteiger partial charge >= 0.3 is 5.97 Å². The predicted molar refractivity (Wildman–Crippen MR) is 81.1 cm³/mol. The fraction of sp³-hybridized carbons (Fsp3) is 0. The highest BCUT2D eigenvalue weighted by Crippen LogP contribution is 2.26. The fourth-order valence-electron chi connectivity index (χ4n) is 1.44. The van der Waals surface area contributed by atoms with E-state index in [4.69, 9.17) is 5.11 Å². The molecule has 0 atom stereocenters. The molecule has 0 radical (unpaired) electrons. The second-order valence-corrected chi connectivity index (χ2v) is 6.23. The third kappa shape index (κ3) is 3.23. The van der Waals surface area contributed by atoms with Gasteiger partial charge in [-0.2, -0.15) is 0 Å². The van der Waals surface area contributed by atoms with Gasteiger partial charge in [-0.05, 0) is 45.6 Å². The van der Waals surface area contributed by atoms with Crippen LogP contribution in [0.1, 0.15) is 20.0 Å². The third-order valence-corrected chi connectivity index (χ3v) is 4.34. The van der Waals surface area contributed by atoms with Crippen LogP contribution < -0.4 is 5.32 Å². The van der Waals surface area contributed by atoms with Crippen molar-refractivity contribution in [2.24, 2.45) is 0 Å². The number of carbonyl (C=O) groups excluding carboxylic acids is 1. The average molecular weight is 405 g/mol. The summed E-state index contributed by atoms with van der Waals surface area (Å²) >= 11 is 7.66. The summed E-state index contributed by atoms with van der Waals surface area (Å²) in [7, 11) is 0. The van der Waals surface area contributed by atoms with E-state index in [9.17, 15) is 9.59 Å². The smallest absolute Gasteiger partial charge is 0.348 e. The number of hydrogen-bond acceptors (Lipinski definition) is 3. The largest absolute Gasteiger partial charge is 0.477 e. The number of aromatic carboxylic acids is 1. The topological polar surface area (TPSA) is 66.4 Å². The molecule has 0 unspecified atom stereocenters. The van der Waals surface area contributed by atoms with Crippen molar-refractivity contribution in [2.45, 2.75) is 0 Å². The van der Waals surface area contributed by atoms with E-state index in [1.54, 1.807) is 29.6 Å². The summed E-state index contributed by atoms with van der Waals surface area (Å²) in [5.74, 6) is -1.42. The minimum Gasteiger partial charge on any atom is -0.477 e. The van der Waals surface area contributed by atoms with Crippen molar-refractivity contribution in [2.75, 3.05) is 5.32 Å². The normalized spacial score (nSPS) is 10.2. The zero-order valence-electron chi connectivity index (χ0n) is 9.31. The Morgan fingerprint density at radius 3 is 2.58 bits per heavy atom. The minimum atomic E-state index is -1.06. The van der Waals surface area contributed by atoms with E-state index in [1.165, 1.54) is 0 Å². The lowest BCUT2D eigenvalue weighted by atomic mass is 10.2. The van der Waals surface area contributed by atoms with E-state index in [2.05, 4.69) is 37.2 Å². The Morgan fingerprint density at radius 1 is 1.21 bits per heavy atom. The van der Waals surface area contributed by atoms with Crippen LogP contribution in [0.25, 0.3) is 0 Å². The van der Waals surface area contributed by atoms with Gasteiger partial charge in [0.2, 0.25) is 0 Å². The van der Waals surface area contributed by atoms with Gasteiger partial charge in [-0.1, -0.05) is 15.9 Å². The summed E-state index contributed by atoms with van der Waals surface area (Å²) in [6.07, 6.45) is 0. The number of halogens is 2. The maximum Gasteiger partial charge on any atom is 0.348 e. The number of nitrogens with one attached hydrogen (secondary N) is 1. The highest BCUT2D eigenvalue weighted by Gasteiger charge is 2.16. The van der Waals surface area contributed by atoms with Gasteiger partial charge in [-0.15, -0.1) is 11.3 Å². The van der Waals surface area contributed by atoms with Gasteiger partial charge in [-0.25, -0.2) is 4.79 Å².